The zero-order chi connectivity index (χ0) is 9.26. The van der Waals surface area contributed by atoms with E-state index in [2.05, 4.69) is 25.1 Å². The number of ether oxygens (including phenoxy) is 1. The van der Waals surface area contributed by atoms with E-state index in [1.807, 2.05) is 0 Å². The van der Waals surface area contributed by atoms with E-state index >= 15 is 0 Å². The van der Waals surface area contributed by atoms with Gasteiger partial charge in [0.1, 0.15) is 5.75 Å². The molecular formula is C12H17ClO. The Labute approximate surface area is 91.9 Å². The molecule has 14 heavy (non-hydrogen) atoms. The standard InChI is InChI=1S/C12H16O.ClH/c1-3-9-6-10-4-5-12(13-2)8-11(10)7-9;/h4-5,8-9H,3,6-7H2,1-2H3;1H. The number of fused-ring (bicyclic) bond motifs is 1. The molecule has 1 aliphatic carbocycles. The molecule has 1 nitrogen and oxygen atoms in total. The van der Waals surface area contributed by atoms with Crippen molar-refractivity contribution >= 4 is 12.4 Å². The molecule has 0 N–H and O–H groups in total. The second-order valence-corrected chi connectivity index (χ2v) is 3.82. The topological polar surface area (TPSA) is 9.23 Å². The molecule has 0 radical (unpaired) electrons. The average Bonchev–Trinajstić information content (AvgIpc) is 2.58. The molecule has 1 atom stereocenters. The molecule has 0 fully saturated rings. The first kappa shape index (κ1) is 11.4. The SMILES string of the molecule is CCC1Cc2ccc(OC)cc2C1.Cl. The predicted octanol–water partition coefficient (Wildman–Crippen LogP) is 3.24. The third-order valence-electron chi connectivity index (χ3n) is 3.01. The van der Waals surface area contributed by atoms with Crippen molar-refractivity contribution < 1.29 is 4.74 Å². The average molecular weight is 213 g/mol. The lowest BCUT2D eigenvalue weighted by Gasteiger charge is -2.02. The largest absolute Gasteiger partial charge is 0.497 e. The molecule has 78 valence electrons. The summed E-state index contributed by atoms with van der Waals surface area (Å²) in [6.45, 7) is 2.27. The summed E-state index contributed by atoms with van der Waals surface area (Å²) in [6, 6.07) is 6.46. The van der Waals surface area contributed by atoms with Gasteiger partial charge in [-0.2, -0.15) is 0 Å². The van der Waals surface area contributed by atoms with Gasteiger partial charge in [-0.15, -0.1) is 12.4 Å². The molecule has 2 heteroatoms. The van der Waals surface area contributed by atoms with Gasteiger partial charge in [0.2, 0.25) is 0 Å². The predicted molar refractivity (Wildman–Crippen MR) is 61.4 cm³/mol. The van der Waals surface area contributed by atoms with Crippen molar-refractivity contribution in [3.8, 4) is 5.75 Å². The molecule has 0 spiro atoms. The highest BCUT2D eigenvalue weighted by atomic mass is 35.5. The van der Waals surface area contributed by atoms with Gasteiger partial charge in [-0.05, 0) is 42.0 Å². The maximum Gasteiger partial charge on any atom is 0.119 e. The number of hydrogen-bond acceptors (Lipinski definition) is 1. The Hall–Kier alpha value is -0.690. The fraction of sp³-hybridized carbons (Fsp3) is 0.500. The summed E-state index contributed by atoms with van der Waals surface area (Å²) in [5, 5.41) is 0. The van der Waals surface area contributed by atoms with Crippen LogP contribution in [0.2, 0.25) is 0 Å². The van der Waals surface area contributed by atoms with Gasteiger partial charge in [0.15, 0.2) is 0 Å². The summed E-state index contributed by atoms with van der Waals surface area (Å²) >= 11 is 0. The lowest BCUT2D eigenvalue weighted by molar-refractivity contribution is 0.414. The minimum Gasteiger partial charge on any atom is -0.497 e. The Morgan fingerprint density at radius 2 is 2.00 bits per heavy atom. The maximum atomic E-state index is 5.21. The van der Waals surface area contributed by atoms with Crippen LogP contribution in [0.1, 0.15) is 24.5 Å². The van der Waals surface area contributed by atoms with E-state index in [1.165, 1.54) is 30.4 Å². The molecule has 0 saturated carbocycles. The normalized spacial score (nSPS) is 18.6. The first-order valence-corrected chi connectivity index (χ1v) is 4.99. The fourth-order valence-corrected chi connectivity index (χ4v) is 2.10. The summed E-state index contributed by atoms with van der Waals surface area (Å²) in [6.07, 6.45) is 3.79. The van der Waals surface area contributed by atoms with E-state index in [4.69, 9.17) is 4.74 Å². The Kier molecular flexibility index (Phi) is 3.82. The van der Waals surface area contributed by atoms with E-state index in [0.29, 0.717) is 0 Å². The lowest BCUT2D eigenvalue weighted by Crippen LogP contribution is -1.95. The second-order valence-electron chi connectivity index (χ2n) is 3.82. The van der Waals surface area contributed by atoms with Crippen LogP contribution in [0, 0.1) is 5.92 Å². The molecule has 1 aromatic carbocycles. The van der Waals surface area contributed by atoms with Crippen molar-refractivity contribution in [3.63, 3.8) is 0 Å². The summed E-state index contributed by atoms with van der Waals surface area (Å²) in [7, 11) is 1.73. The van der Waals surface area contributed by atoms with Gasteiger partial charge in [-0.25, -0.2) is 0 Å². The van der Waals surface area contributed by atoms with Gasteiger partial charge in [0.25, 0.3) is 0 Å². The first-order chi connectivity index (χ1) is 6.33. The molecule has 0 saturated heterocycles. The van der Waals surface area contributed by atoms with Gasteiger partial charge in [-0.3, -0.25) is 0 Å². The molecule has 1 aromatic rings. The van der Waals surface area contributed by atoms with E-state index in [0.717, 1.165) is 11.7 Å². The zero-order valence-electron chi connectivity index (χ0n) is 8.75. The second kappa shape index (κ2) is 4.70. The molecule has 0 amide bonds. The highest BCUT2D eigenvalue weighted by Gasteiger charge is 2.19. The van der Waals surface area contributed by atoms with Gasteiger partial charge in [0.05, 0.1) is 7.11 Å². The molecule has 1 aliphatic rings. The molecule has 0 aliphatic heterocycles. The zero-order valence-corrected chi connectivity index (χ0v) is 9.56. The smallest absolute Gasteiger partial charge is 0.119 e. The summed E-state index contributed by atoms with van der Waals surface area (Å²) in [5.74, 6) is 1.86. The van der Waals surface area contributed by atoms with Crippen LogP contribution in [-0.2, 0) is 12.8 Å². The molecular weight excluding hydrogens is 196 g/mol. The van der Waals surface area contributed by atoms with E-state index in [9.17, 15) is 0 Å². The van der Waals surface area contributed by atoms with Gasteiger partial charge in [-0.1, -0.05) is 19.4 Å². The van der Waals surface area contributed by atoms with E-state index in [1.54, 1.807) is 7.11 Å². The van der Waals surface area contributed by atoms with E-state index < -0.39 is 0 Å². The molecule has 0 aromatic heterocycles. The first-order valence-electron chi connectivity index (χ1n) is 4.99. The Morgan fingerprint density at radius 1 is 1.29 bits per heavy atom. The number of benzene rings is 1. The third-order valence-corrected chi connectivity index (χ3v) is 3.01. The summed E-state index contributed by atoms with van der Waals surface area (Å²) in [5.41, 5.74) is 3.01. The van der Waals surface area contributed by atoms with Crippen molar-refractivity contribution in [3.05, 3.63) is 29.3 Å². The Balaban J connectivity index is 0.000000980. The molecule has 2 rings (SSSR count). The van der Waals surface area contributed by atoms with Crippen molar-refractivity contribution in [2.24, 2.45) is 5.92 Å². The number of hydrogen-bond donors (Lipinski definition) is 0. The van der Waals surface area contributed by atoms with Gasteiger partial charge >= 0.3 is 0 Å². The minimum atomic E-state index is 0. The number of rotatable bonds is 2. The van der Waals surface area contributed by atoms with E-state index in [-0.39, 0.29) is 12.4 Å². The fourth-order valence-electron chi connectivity index (χ4n) is 2.10. The minimum absolute atomic E-state index is 0. The van der Waals surface area contributed by atoms with Crippen LogP contribution in [-0.4, -0.2) is 7.11 Å². The van der Waals surface area contributed by atoms with Gasteiger partial charge < -0.3 is 4.74 Å². The van der Waals surface area contributed by atoms with Crippen LogP contribution in [0.15, 0.2) is 18.2 Å². The van der Waals surface area contributed by atoms with Crippen molar-refractivity contribution in [2.75, 3.05) is 7.11 Å². The van der Waals surface area contributed by atoms with Crippen LogP contribution in [0.25, 0.3) is 0 Å². The number of halogens is 1. The maximum absolute atomic E-state index is 5.21. The number of methoxy groups -OCH3 is 1. The van der Waals surface area contributed by atoms with Gasteiger partial charge in [0, 0.05) is 0 Å². The van der Waals surface area contributed by atoms with Crippen LogP contribution in [0.3, 0.4) is 0 Å². The van der Waals surface area contributed by atoms with Crippen LogP contribution in [0.5, 0.6) is 5.75 Å². The Bertz CT molecular complexity index is 309. The highest BCUT2D eigenvalue weighted by Crippen LogP contribution is 2.31. The van der Waals surface area contributed by atoms with Crippen LogP contribution < -0.4 is 4.74 Å². The van der Waals surface area contributed by atoms with Crippen LogP contribution >= 0.6 is 12.4 Å². The monoisotopic (exact) mass is 212 g/mol. The summed E-state index contributed by atoms with van der Waals surface area (Å²) < 4.78 is 5.21. The molecule has 1 unspecified atom stereocenters. The third kappa shape index (κ3) is 2.03. The molecule has 0 bridgehead atoms. The van der Waals surface area contributed by atoms with Crippen molar-refractivity contribution in [1.82, 2.24) is 0 Å². The summed E-state index contributed by atoms with van der Waals surface area (Å²) in [4.78, 5) is 0. The molecule has 0 heterocycles. The lowest BCUT2D eigenvalue weighted by atomic mass is 10.0. The Morgan fingerprint density at radius 3 is 2.64 bits per heavy atom. The highest BCUT2D eigenvalue weighted by molar-refractivity contribution is 5.85. The van der Waals surface area contributed by atoms with Crippen molar-refractivity contribution in [2.45, 2.75) is 26.2 Å². The van der Waals surface area contributed by atoms with Crippen molar-refractivity contribution in [1.29, 1.82) is 0 Å². The van der Waals surface area contributed by atoms with Crippen LogP contribution in [0.4, 0.5) is 0 Å². The quantitative estimate of drug-likeness (QED) is 0.732.